The third kappa shape index (κ3) is 4.68. The first-order chi connectivity index (χ1) is 8.35. The molecular formula is C12H19F3N2O. The zero-order valence-electron chi connectivity index (χ0n) is 10.7. The third-order valence-corrected chi connectivity index (χ3v) is 2.78. The quantitative estimate of drug-likeness (QED) is 0.858. The van der Waals surface area contributed by atoms with Crippen molar-refractivity contribution in [2.75, 3.05) is 0 Å². The largest absolute Gasteiger partial charge is 0.393 e. The third-order valence-electron chi connectivity index (χ3n) is 2.78. The van der Waals surface area contributed by atoms with Crippen LogP contribution in [-0.2, 0) is 19.4 Å². The fourth-order valence-electron chi connectivity index (χ4n) is 1.80. The molecule has 0 fully saturated rings. The molecule has 0 amide bonds. The molecule has 6 heteroatoms. The van der Waals surface area contributed by atoms with Crippen molar-refractivity contribution >= 4 is 0 Å². The van der Waals surface area contributed by atoms with Gasteiger partial charge >= 0.3 is 6.18 Å². The highest BCUT2D eigenvalue weighted by Crippen LogP contribution is 2.23. The molecule has 0 aromatic carbocycles. The molecule has 1 N–H and O–H groups in total. The van der Waals surface area contributed by atoms with Crippen molar-refractivity contribution in [1.82, 2.24) is 9.78 Å². The van der Waals surface area contributed by atoms with Crippen LogP contribution in [0.5, 0.6) is 0 Å². The molecule has 0 saturated heterocycles. The lowest BCUT2D eigenvalue weighted by Gasteiger charge is -2.12. The first kappa shape index (κ1) is 15.0. The Hall–Kier alpha value is -1.04. The van der Waals surface area contributed by atoms with Crippen molar-refractivity contribution in [2.24, 2.45) is 0 Å². The summed E-state index contributed by atoms with van der Waals surface area (Å²) in [6, 6.07) is 1.85. The number of nitrogens with zero attached hydrogens (tertiary/aromatic N) is 2. The standard InChI is InChI=1S/C12H19F3N2O/c1-3-9-7-10(17(4-2)16-9)8-11(18)5-6-12(13,14)15/h7,11,18H,3-6,8H2,1-2H3. The second kappa shape index (κ2) is 6.22. The van der Waals surface area contributed by atoms with Gasteiger partial charge in [0.2, 0.25) is 0 Å². The van der Waals surface area contributed by atoms with Gasteiger partial charge in [0.15, 0.2) is 0 Å². The monoisotopic (exact) mass is 264 g/mol. The highest BCUT2D eigenvalue weighted by atomic mass is 19.4. The van der Waals surface area contributed by atoms with E-state index in [0.717, 1.165) is 17.8 Å². The van der Waals surface area contributed by atoms with E-state index in [1.54, 1.807) is 4.68 Å². The van der Waals surface area contributed by atoms with Gasteiger partial charge in [0.25, 0.3) is 0 Å². The molecule has 0 spiro atoms. The molecule has 1 atom stereocenters. The van der Waals surface area contributed by atoms with E-state index < -0.39 is 18.7 Å². The number of rotatable bonds is 6. The second-order valence-electron chi connectivity index (χ2n) is 4.31. The van der Waals surface area contributed by atoms with Crippen molar-refractivity contribution in [1.29, 1.82) is 0 Å². The van der Waals surface area contributed by atoms with E-state index in [4.69, 9.17) is 0 Å². The molecule has 0 radical (unpaired) electrons. The van der Waals surface area contributed by atoms with Crippen molar-refractivity contribution in [2.45, 2.75) is 58.4 Å². The average Bonchev–Trinajstić information content (AvgIpc) is 2.68. The number of aliphatic hydroxyl groups is 1. The Morgan fingerprint density at radius 1 is 1.39 bits per heavy atom. The number of hydrogen-bond acceptors (Lipinski definition) is 2. The molecule has 18 heavy (non-hydrogen) atoms. The molecule has 1 unspecified atom stereocenters. The summed E-state index contributed by atoms with van der Waals surface area (Å²) >= 11 is 0. The molecule has 1 heterocycles. The summed E-state index contributed by atoms with van der Waals surface area (Å²) in [5.41, 5.74) is 1.69. The van der Waals surface area contributed by atoms with E-state index in [0.29, 0.717) is 6.54 Å². The molecule has 1 rings (SSSR count). The Morgan fingerprint density at radius 3 is 2.56 bits per heavy atom. The van der Waals surface area contributed by atoms with Crippen LogP contribution in [-0.4, -0.2) is 27.2 Å². The Labute approximate surface area is 105 Å². The van der Waals surface area contributed by atoms with E-state index in [1.165, 1.54) is 0 Å². The topological polar surface area (TPSA) is 38.0 Å². The van der Waals surface area contributed by atoms with E-state index in [-0.39, 0.29) is 12.8 Å². The van der Waals surface area contributed by atoms with E-state index >= 15 is 0 Å². The normalized spacial score (nSPS) is 13.9. The van der Waals surface area contributed by atoms with Crippen molar-refractivity contribution < 1.29 is 18.3 Å². The molecule has 0 aliphatic rings. The van der Waals surface area contributed by atoms with E-state index in [1.807, 2.05) is 19.9 Å². The van der Waals surface area contributed by atoms with Gasteiger partial charge in [-0.25, -0.2) is 0 Å². The van der Waals surface area contributed by atoms with Crippen LogP contribution in [0, 0.1) is 0 Å². The summed E-state index contributed by atoms with van der Waals surface area (Å²) in [6.45, 7) is 4.53. The molecule has 1 aromatic rings. The molecule has 0 aliphatic carbocycles. The van der Waals surface area contributed by atoms with Gasteiger partial charge in [0, 0.05) is 25.1 Å². The van der Waals surface area contributed by atoms with Crippen LogP contribution in [0.4, 0.5) is 13.2 Å². The summed E-state index contributed by atoms with van der Waals surface area (Å²) in [5, 5.41) is 13.9. The summed E-state index contributed by atoms with van der Waals surface area (Å²) < 4.78 is 37.8. The van der Waals surface area contributed by atoms with Crippen LogP contribution in [0.25, 0.3) is 0 Å². The first-order valence-corrected chi connectivity index (χ1v) is 6.16. The van der Waals surface area contributed by atoms with Crippen molar-refractivity contribution in [3.63, 3.8) is 0 Å². The average molecular weight is 264 g/mol. The number of halogens is 3. The zero-order chi connectivity index (χ0) is 13.8. The van der Waals surface area contributed by atoms with E-state index in [2.05, 4.69) is 5.10 Å². The Bertz CT molecular complexity index is 374. The van der Waals surface area contributed by atoms with Crippen LogP contribution in [0.15, 0.2) is 6.07 Å². The summed E-state index contributed by atoms with van der Waals surface area (Å²) in [5.74, 6) is 0. The molecule has 1 aromatic heterocycles. The van der Waals surface area contributed by atoms with Crippen LogP contribution < -0.4 is 0 Å². The summed E-state index contributed by atoms with van der Waals surface area (Å²) in [4.78, 5) is 0. The minimum Gasteiger partial charge on any atom is -0.393 e. The van der Waals surface area contributed by atoms with Crippen LogP contribution >= 0.6 is 0 Å². The predicted octanol–water partition coefficient (Wildman–Crippen LogP) is 2.71. The number of hydrogen-bond donors (Lipinski definition) is 1. The minimum atomic E-state index is -4.21. The Balaban J connectivity index is 2.58. The van der Waals surface area contributed by atoms with Gasteiger partial charge in [0.05, 0.1) is 11.8 Å². The number of alkyl halides is 3. The Kier molecular flexibility index (Phi) is 5.19. The van der Waals surface area contributed by atoms with Gasteiger partial charge in [-0.2, -0.15) is 18.3 Å². The molecular weight excluding hydrogens is 245 g/mol. The van der Waals surface area contributed by atoms with Gasteiger partial charge in [-0.15, -0.1) is 0 Å². The highest BCUT2D eigenvalue weighted by Gasteiger charge is 2.28. The summed E-state index contributed by atoms with van der Waals surface area (Å²) in [6.07, 6.45) is -5.40. The second-order valence-corrected chi connectivity index (χ2v) is 4.31. The van der Waals surface area contributed by atoms with Gasteiger partial charge in [0.1, 0.15) is 0 Å². The predicted molar refractivity (Wildman–Crippen MR) is 62.3 cm³/mol. The molecule has 0 aliphatic heterocycles. The lowest BCUT2D eigenvalue weighted by Crippen LogP contribution is -2.18. The maximum Gasteiger partial charge on any atom is 0.389 e. The van der Waals surface area contributed by atoms with Gasteiger partial charge in [-0.05, 0) is 25.8 Å². The number of aryl methyl sites for hydroxylation is 2. The van der Waals surface area contributed by atoms with Crippen molar-refractivity contribution in [3.05, 3.63) is 17.5 Å². The lowest BCUT2D eigenvalue weighted by atomic mass is 10.1. The highest BCUT2D eigenvalue weighted by molar-refractivity contribution is 5.11. The maximum absolute atomic E-state index is 12.0. The molecule has 3 nitrogen and oxygen atoms in total. The molecule has 0 bridgehead atoms. The molecule has 104 valence electrons. The van der Waals surface area contributed by atoms with Crippen LogP contribution in [0.1, 0.15) is 38.1 Å². The smallest absolute Gasteiger partial charge is 0.389 e. The Morgan fingerprint density at radius 2 is 2.06 bits per heavy atom. The number of aliphatic hydroxyl groups excluding tert-OH is 1. The lowest BCUT2D eigenvalue weighted by molar-refractivity contribution is -0.139. The SMILES string of the molecule is CCc1cc(CC(O)CCC(F)(F)F)n(CC)n1. The summed E-state index contributed by atoms with van der Waals surface area (Å²) in [7, 11) is 0. The number of aromatic nitrogens is 2. The fourth-order valence-corrected chi connectivity index (χ4v) is 1.80. The van der Waals surface area contributed by atoms with E-state index in [9.17, 15) is 18.3 Å². The minimum absolute atomic E-state index is 0.219. The van der Waals surface area contributed by atoms with Gasteiger partial charge in [-0.1, -0.05) is 6.92 Å². The van der Waals surface area contributed by atoms with Gasteiger partial charge in [-0.3, -0.25) is 4.68 Å². The van der Waals surface area contributed by atoms with Crippen LogP contribution in [0.3, 0.4) is 0 Å². The van der Waals surface area contributed by atoms with Crippen LogP contribution in [0.2, 0.25) is 0 Å². The fraction of sp³-hybridized carbons (Fsp3) is 0.750. The van der Waals surface area contributed by atoms with Gasteiger partial charge < -0.3 is 5.11 Å². The molecule has 0 saturated carbocycles. The first-order valence-electron chi connectivity index (χ1n) is 6.16. The zero-order valence-corrected chi connectivity index (χ0v) is 10.7. The van der Waals surface area contributed by atoms with Crippen molar-refractivity contribution in [3.8, 4) is 0 Å². The maximum atomic E-state index is 12.0.